The van der Waals surface area contributed by atoms with E-state index < -0.39 is 0 Å². The number of para-hydroxylation sites is 1. The fraction of sp³-hybridized carbons (Fsp3) is 0.500. The molecule has 102 valence electrons. The second-order valence-corrected chi connectivity index (χ2v) is 5.44. The summed E-state index contributed by atoms with van der Waals surface area (Å²) in [6, 6.07) is 8.66. The molecule has 1 aliphatic rings. The molecule has 3 rings (SSSR count). The Hall–Kier alpha value is -1.32. The molecule has 1 aliphatic heterocycles. The van der Waals surface area contributed by atoms with Gasteiger partial charge in [-0.1, -0.05) is 18.2 Å². The van der Waals surface area contributed by atoms with Crippen molar-refractivity contribution in [1.29, 1.82) is 0 Å². The zero-order chi connectivity index (χ0) is 13.4. The standard InChI is InChI=1S/C16H21NO2/c1-10-5-4-6-12-9-14(19-16(10)12)15(17-3)13-7-8-18-11(13)2/h4-6,9,11,13,15,17H,7-8H2,1-3H3. The molecule has 3 unspecified atom stereocenters. The van der Waals surface area contributed by atoms with Gasteiger partial charge in [-0.3, -0.25) is 0 Å². The predicted molar refractivity (Wildman–Crippen MR) is 76.3 cm³/mol. The van der Waals surface area contributed by atoms with Crippen LogP contribution in [-0.4, -0.2) is 19.8 Å². The first-order valence-corrected chi connectivity index (χ1v) is 6.98. The molecule has 1 saturated heterocycles. The summed E-state index contributed by atoms with van der Waals surface area (Å²) in [5, 5.41) is 4.58. The Balaban J connectivity index is 1.99. The first-order chi connectivity index (χ1) is 9.20. The van der Waals surface area contributed by atoms with E-state index in [1.165, 1.54) is 10.9 Å². The molecule has 3 nitrogen and oxygen atoms in total. The normalized spacial score (nSPS) is 25.0. The van der Waals surface area contributed by atoms with Crippen LogP contribution in [0.3, 0.4) is 0 Å². The Morgan fingerprint density at radius 3 is 2.84 bits per heavy atom. The van der Waals surface area contributed by atoms with Crippen LogP contribution in [0.5, 0.6) is 0 Å². The highest BCUT2D eigenvalue weighted by atomic mass is 16.5. The molecule has 1 fully saturated rings. The molecule has 0 amide bonds. The summed E-state index contributed by atoms with van der Waals surface area (Å²) >= 11 is 0. The molecule has 2 aromatic rings. The van der Waals surface area contributed by atoms with Crippen molar-refractivity contribution in [2.45, 2.75) is 32.4 Å². The summed E-state index contributed by atoms with van der Waals surface area (Å²) in [4.78, 5) is 0. The highest BCUT2D eigenvalue weighted by Crippen LogP contribution is 2.36. The van der Waals surface area contributed by atoms with Gasteiger partial charge in [0.1, 0.15) is 11.3 Å². The van der Waals surface area contributed by atoms with E-state index in [4.69, 9.17) is 9.15 Å². The smallest absolute Gasteiger partial charge is 0.137 e. The Kier molecular flexibility index (Phi) is 3.33. The van der Waals surface area contributed by atoms with Crippen LogP contribution in [0.25, 0.3) is 11.0 Å². The van der Waals surface area contributed by atoms with E-state index in [2.05, 4.69) is 43.4 Å². The SMILES string of the molecule is CNC(c1cc2cccc(C)c2o1)C1CCOC1C. The number of aryl methyl sites for hydroxylation is 1. The quantitative estimate of drug-likeness (QED) is 0.917. The van der Waals surface area contributed by atoms with Gasteiger partial charge in [-0.05, 0) is 38.9 Å². The Morgan fingerprint density at radius 1 is 1.37 bits per heavy atom. The summed E-state index contributed by atoms with van der Waals surface area (Å²) in [6.45, 7) is 5.09. The van der Waals surface area contributed by atoms with Gasteiger partial charge in [0.15, 0.2) is 0 Å². The van der Waals surface area contributed by atoms with Crippen molar-refractivity contribution >= 4 is 11.0 Å². The van der Waals surface area contributed by atoms with Crippen LogP contribution in [-0.2, 0) is 4.74 Å². The van der Waals surface area contributed by atoms with E-state index in [9.17, 15) is 0 Å². The van der Waals surface area contributed by atoms with Gasteiger partial charge >= 0.3 is 0 Å². The van der Waals surface area contributed by atoms with E-state index >= 15 is 0 Å². The van der Waals surface area contributed by atoms with Gasteiger partial charge in [-0.25, -0.2) is 0 Å². The maximum Gasteiger partial charge on any atom is 0.137 e. The maximum atomic E-state index is 6.09. The molecular formula is C16H21NO2. The average Bonchev–Trinajstić information content (AvgIpc) is 2.99. The largest absolute Gasteiger partial charge is 0.459 e. The summed E-state index contributed by atoms with van der Waals surface area (Å²) in [7, 11) is 2.00. The Labute approximate surface area is 113 Å². The lowest BCUT2D eigenvalue weighted by Gasteiger charge is -2.23. The zero-order valence-corrected chi connectivity index (χ0v) is 11.8. The molecule has 2 heterocycles. The lowest BCUT2D eigenvalue weighted by atomic mass is 9.92. The van der Waals surface area contributed by atoms with E-state index in [0.29, 0.717) is 5.92 Å². The van der Waals surface area contributed by atoms with Crippen molar-refractivity contribution in [2.75, 3.05) is 13.7 Å². The van der Waals surface area contributed by atoms with E-state index in [-0.39, 0.29) is 12.1 Å². The van der Waals surface area contributed by atoms with Crippen molar-refractivity contribution in [2.24, 2.45) is 5.92 Å². The van der Waals surface area contributed by atoms with Gasteiger partial charge in [0.05, 0.1) is 12.1 Å². The number of hydrogen-bond donors (Lipinski definition) is 1. The van der Waals surface area contributed by atoms with E-state index in [1.807, 2.05) is 7.05 Å². The fourth-order valence-electron chi connectivity index (χ4n) is 3.14. The van der Waals surface area contributed by atoms with Crippen LogP contribution in [0, 0.1) is 12.8 Å². The molecule has 1 aromatic carbocycles. The number of hydrogen-bond acceptors (Lipinski definition) is 3. The predicted octanol–water partition coefficient (Wildman–Crippen LogP) is 3.43. The van der Waals surface area contributed by atoms with Crippen LogP contribution in [0.4, 0.5) is 0 Å². The fourth-order valence-corrected chi connectivity index (χ4v) is 3.14. The molecule has 0 spiro atoms. The average molecular weight is 259 g/mol. The van der Waals surface area contributed by atoms with Gasteiger partial charge in [-0.15, -0.1) is 0 Å². The molecule has 0 bridgehead atoms. The second kappa shape index (κ2) is 4.99. The highest BCUT2D eigenvalue weighted by molar-refractivity contribution is 5.81. The zero-order valence-electron chi connectivity index (χ0n) is 11.8. The number of nitrogens with one attached hydrogen (secondary N) is 1. The monoisotopic (exact) mass is 259 g/mol. The lowest BCUT2D eigenvalue weighted by Crippen LogP contribution is -2.29. The number of fused-ring (bicyclic) bond motifs is 1. The van der Waals surface area contributed by atoms with Crippen molar-refractivity contribution in [3.05, 3.63) is 35.6 Å². The Bertz CT molecular complexity index is 575. The highest BCUT2D eigenvalue weighted by Gasteiger charge is 2.33. The molecule has 0 aliphatic carbocycles. The number of ether oxygens (including phenoxy) is 1. The molecular weight excluding hydrogens is 238 g/mol. The molecule has 3 atom stereocenters. The minimum Gasteiger partial charge on any atom is -0.459 e. The molecule has 1 N–H and O–H groups in total. The van der Waals surface area contributed by atoms with Crippen molar-refractivity contribution < 1.29 is 9.15 Å². The summed E-state index contributed by atoms with van der Waals surface area (Å²) in [6.07, 6.45) is 1.37. The van der Waals surface area contributed by atoms with Gasteiger partial charge in [0, 0.05) is 17.9 Å². The minimum atomic E-state index is 0.226. The van der Waals surface area contributed by atoms with Gasteiger partial charge in [0.25, 0.3) is 0 Å². The number of furan rings is 1. The van der Waals surface area contributed by atoms with Crippen LogP contribution >= 0.6 is 0 Å². The molecule has 1 aromatic heterocycles. The Morgan fingerprint density at radius 2 is 2.21 bits per heavy atom. The molecule has 0 saturated carbocycles. The summed E-state index contributed by atoms with van der Waals surface area (Å²) in [5.41, 5.74) is 2.19. The third-order valence-electron chi connectivity index (χ3n) is 4.24. The van der Waals surface area contributed by atoms with Crippen LogP contribution in [0.1, 0.15) is 30.7 Å². The minimum absolute atomic E-state index is 0.226. The number of rotatable bonds is 3. The third kappa shape index (κ3) is 2.17. The van der Waals surface area contributed by atoms with Crippen molar-refractivity contribution in [1.82, 2.24) is 5.32 Å². The summed E-state index contributed by atoms with van der Waals surface area (Å²) < 4.78 is 11.8. The maximum absolute atomic E-state index is 6.09. The van der Waals surface area contributed by atoms with Crippen LogP contribution in [0.2, 0.25) is 0 Å². The van der Waals surface area contributed by atoms with Crippen LogP contribution in [0.15, 0.2) is 28.7 Å². The molecule has 0 radical (unpaired) electrons. The lowest BCUT2D eigenvalue weighted by molar-refractivity contribution is 0.0938. The van der Waals surface area contributed by atoms with E-state index in [0.717, 1.165) is 24.4 Å². The van der Waals surface area contributed by atoms with Crippen molar-refractivity contribution in [3.63, 3.8) is 0 Å². The second-order valence-electron chi connectivity index (χ2n) is 5.44. The third-order valence-corrected chi connectivity index (χ3v) is 4.24. The molecule has 19 heavy (non-hydrogen) atoms. The van der Waals surface area contributed by atoms with Gasteiger partial charge in [-0.2, -0.15) is 0 Å². The van der Waals surface area contributed by atoms with Gasteiger partial charge < -0.3 is 14.5 Å². The van der Waals surface area contributed by atoms with Gasteiger partial charge in [0.2, 0.25) is 0 Å². The van der Waals surface area contributed by atoms with Crippen LogP contribution < -0.4 is 5.32 Å². The topological polar surface area (TPSA) is 34.4 Å². The van der Waals surface area contributed by atoms with Crippen molar-refractivity contribution in [3.8, 4) is 0 Å². The molecule has 3 heteroatoms. The summed E-state index contributed by atoms with van der Waals surface area (Å²) in [5.74, 6) is 1.50. The first-order valence-electron chi connectivity index (χ1n) is 6.98. The van der Waals surface area contributed by atoms with E-state index in [1.54, 1.807) is 0 Å². The number of benzene rings is 1. The first kappa shape index (κ1) is 12.7.